The molecular formula is C24H29N7O2. The van der Waals surface area contributed by atoms with E-state index in [1.165, 1.54) is 0 Å². The second-order valence-corrected chi connectivity index (χ2v) is 8.95. The van der Waals surface area contributed by atoms with Crippen LogP contribution in [-0.2, 0) is 0 Å². The van der Waals surface area contributed by atoms with Crippen LogP contribution in [0.3, 0.4) is 0 Å². The van der Waals surface area contributed by atoms with Crippen LogP contribution in [-0.4, -0.2) is 41.7 Å². The molecule has 9 heteroatoms. The number of fused-ring (bicyclic) bond motifs is 1. The van der Waals surface area contributed by atoms with Gasteiger partial charge < -0.3 is 14.7 Å². The lowest BCUT2D eigenvalue weighted by atomic mass is 9.88. The number of benzene rings is 1. The third-order valence-corrected chi connectivity index (χ3v) is 6.25. The fourth-order valence-electron chi connectivity index (χ4n) is 4.69. The molecule has 0 radical (unpaired) electrons. The molecule has 33 heavy (non-hydrogen) atoms. The molecule has 2 amide bonds. The second-order valence-electron chi connectivity index (χ2n) is 8.95. The van der Waals surface area contributed by atoms with Gasteiger partial charge in [0.2, 0.25) is 5.89 Å². The van der Waals surface area contributed by atoms with Gasteiger partial charge in [-0.1, -0.05) is 18.1 Å². The SMILES string of the molecule is Cc1noc(C2CC(C)C[C@@H](C)N2C(=O)Nc2ccc(C)c(-c3ncc4cccn4n3)c2)n1.[HH]. The highest BCUT2D eigenvalue weighted by Gasteiger charge is 2.38. The minimum Gasteiger partial charge on any atom is -0.337 e. The number of urea groups is 1. The Morgan fingerprint density at radius 2 is 2.06 bits per heavy atom. The van der Waals surface area contributed by atoms with E-state index in [1.54, 1.807) is 17.6 Å². The number of piperidine rings is 1. The van der Waals surface area contributed by atoms with E-state index >= 15 is 0 Å². The van der Waals surface area contributed by atoms with Crippen molar-refractivity contribution in [3.8, 4) is 11.4 Å². The lowest BCUT2D eigenvalue weighted by Crippen LogP contribution is -2.48. The average molecular weight is 448 g/mol. The van der Waals surface area contributed by atoms with Crippen molar-refractivity contribution in [1.29, 1.82) is 0 Å². The van der Waals surface area contributed by atoms with Crippen LogP contribution in [0.1, 0.15) is 51.4 Å². The maximum absolute atomic E-state index is 13.4. The van der Waals surface area contributed by atoms with E-state index in [-0.39, 0.29) is 19.5 Å². The molecule has 0 saturated carbocycles. The molecule has 0 bridgehead atoms. The molecule has 0 spiro atoms. The molecule has 9 nitrogen and oxygen atoms in total. The predicted octanol–water partition coefficient (Wildman–Crippen LogP) is 5.04. The number of aryl methyl sites for hydroxylation is 2. The lowest BCUT2D eigenvalue weighted by molar-refractivity contribution is 0.0818. The van der Waals surface area contributed by atoms with Crippen molar-refractivity contribution in [2.24, 2.45) is 5.92 Å². The Kier molecular flexibility index (Phi) is 5.32. The van der Waals surface area contributed by atoms with E-state index in [0.717, 1.165) is 29.5 Å². The maximum atomic E-state index is 13.4. The van der Waals surface area contributed by atoms with E-state index < -0.39 is 0 Å². The summed E-state index contributed by atoms with van der Waals surface area (Å²) in [4.78, 5) is 24.2. The molecule has 1 fully saturated rings. The third kappa shape index (κ3) is 4.06. The largest absolute Gasteiger partial charge is 0.337 e. The Bertz CT molecular complexity index is 1320. The average Bonchev–Trinajstić information content (AvgIpc) is 3.42. The Morgan fingerprint density at radius 1 is 1.21 bits per heavy atom. The molecule has 3 aromatic heterocycles. The number of amides is 2. The molecule has 172 valence electrons. The Hall–Kier alpha value is -3.75. The summed E-state index contributed by atoms with van der Waals surface area (Å²) < 4.78 is 7.24. The summed E-state index contributed by atoms with van der Waals surface area (Å²) in [6, 6.07) is 9.26. The quantitative estimate of drug-likeness (QED) is 0.472. The first-order valence-electron chi connectivity index (χ1n) is 11.2. The summed E-state index contributed by atoms with van der Waals surface area (Å²) in [6.07, 6.45) is 5.38. The van der Waals surface area contributed by atoms with Crippen LogP contribution in [0.5, 0.6) is 0 Å². The minimum absolute atomic E-state index is 0. The number of nitrogens with zero attached hydrogens (tertiary/aromatic N) is 6. The third-order valence-electron chi connectivity index (χ3n) is 6.25. The van der Waals surface area contributed by atoms with Crippen LogP contribution in [0.15, 0.2) is 47.2 Å². The van der Waals surface area contributed by atoms with Gasteiger partial charge in [-0.25, -0.2) is 14.3 Å². The van der Waals surface area contributed by atoms with Gasteiger partial charge in [-0.3, -0.25) is 0 Å². The fraction of sp³-hybridized carbons (Fsp3) is 0.375. The van der Waals surface area contributed by atoms with Crippen molar-refractivity contribution in [3.63, 3.8) is 0 Å². The standard InChI is InChI=1S/C24H27N7O2.H2/c1-14-10-16(3)31(21(11-14)23-26-17(4)29-33-23)24(32)27-18-8-7-15(2)20(12-18)22-25-13-19-6-5-9-30(19)28-22;/h5-9,12-14,16,21H,10-11H2,1-4H3,(H,27,32);1H/t14?,16-,21?;/m1./s1. The van der Waals surface area contributed by atoms with Gasteiger partial charge in [0, 0.05) is 24.9 Å². The predicted molar refractivity (Wildman–Crippen MR) is 126 cm³/mol. The number of likely N-dealkylation sites (tertiary alicyclic amines) is 1. The zero-order chi connectivity index (χ0) is 23.1. The molecule has 1 aliphatic rings. The molecule has 4 aromatic rings. The van der Waals surface area contributed by atoms with Crippen molar-refractivity contribution in [2.75, 3.05) is 5.32 Å². The molecule has 5 rings (SSSR count). The van der Waals surface area contributed by atoms with Crippen LogP contribution >= 0.6 is 0 Å². The van der Waals surface area contributed by atoms with Crippen LogP contribution in [0.2, 0.25) is 0 Å². The maximum Gasteiger partial charge on any atom is 0.322 e. The van der Waals surface area contributed by atoms with Gasteiger partial charge in [0.05, 0.1) is 11.7 Å². The summed E-state index contributed by atoms with van der Waals surface area (Å²) >= 11 is 0. The Morgan fingerprint density at radius 3 is 2.85 bits per heavy atom. The van der Waals surface area contributed by atoms with Gasteiger partial charge in [-0.05, 0) is 69.4 Å². The molecule has 1 aromatic carbocycles. The smallest absolute Gasteiger partial charge is 0.322 e. The molecular weight excluding hydrogens is 418 g/mol. The van der Waals surface area contributed by atoms with Crippen molar-refractivity contribution in [1.82, 2.24) is 29.6 Å². The number of carbonyl (C=O) groups excluding carboxylic acids is 1. The molecule has 3 atom stereocenters. The molecule has 1 N–H and O–H groups in total. The number of hydrogen-bond acceptors (Lipinski definition) is 6. The highest BCUT2D eigenvalue weighted by molar-refractivity contribution is 5.90. The zero-order valence-electron chi connectivity index (χ0n) is 19.2. The molecule has 0 aliphatic carbocycles. The number of aromatic nitrogens is 5. The van der Waals surface area contributed by atoms with E-state index in [0.29, 0.717) is 29.1 Å². The highest BCUT2D eigenvalue weighted by Crippen LogP contribution is 2.37. The number of rotatable bonds is 3. The van der Waals surface area contributed by atoms with E-state index in [9.17, 15) is 4.79 Å². The number of hydrogen-bond donors (Lipinski definition) is 1. The minimum atomic E-state index is -0.255. The molecule has 1 saturated heterocycles. The summed E-state index contributed by atoms with van der Waals surface area (Å²) in [5.41, 5.74) is 3.51. The van der Waals surface area contributed by atoms with Crippen molar-refractivity contribution in [2.45, 2.75) is 52.6 Å². The zero-order valence-corrected chi connectivity index (χ0v) is 19.2. The van der Waals surface area contributed by atoms with Gasteiger partial charge in [-0.2, -0.15) is 4.98 Å². The fourth-order valence-corrected chi connectivity index (χ4v) is 4.69. The monoisotopic (exact) mass is 447 g/mol. The summed E-state index contributed by atoms with van der Waals surface area (Å²) in [5.74, 6) is 2.11. The van der Waals surface area contributed by atoms with Crippen LogP contribution < -0.4 is 5.32 Å². The first-order chi connectivity index (χ1) is 15.9. The molecule has 1 aliphatic heterocycles. The number of nitrogens with one attached hydrogen (secondary N) is 1. The van der Waals surface area contributed by atoms with E-state index in [4.69, 9.17) is 4.52 Å². The van der Waals surface area contributed by atoms with E-state index in [1.807, 2.05) is 48.4 Å². The summed E-state index contributed by atoms with van der Waals surface area (Å²) in [6.45, 7) is 8.04. The van der Waals surface area contributed by atoms with Gasteiger partial charge in [0.1, 0.15) is 6.04 Å². The van der Waals surface area contributed by atoms with Gasteiger partial charge >= 0.3 is 6.03 Å². The van der Waals surface area contributed by atoms with Crippen LogP contribution in [0.25, 0.3) is 16.9 Å². The second kappa shape index (κ2) is 8.31. The Balaban J connectivity index is 0.00000274. The lowest BCUT2D eigenvalue weighted by Gasteiger charge is -2.41. The van der Waals surface area contributed by atoms with Crippen molar-refractivity contribution < 1.29 is 10.7 Å². The van der Waals surface area contributed by atoms with Crippen molar-refractivity contribution >= 4 is 17.2 Å². The van der Waals surface area contributed by atoms with Gasteiger partial charge in [-0.15, -0.1) is 5.10 Å². The molecule has 2 unspecified atom stereocenters. The summed E-state index contributed by atoms with van der Waals surface area (Å²) in [5, 5.41) is 11.6. The first kappa shape index (κ1) is 21.1. The van der Waals surface area contributed by atoms with Crippen molar-refractivity contribution in [3.05, 3.63) is 60.0 Å². The topological polar surface area (TPSA) is 101 Å². The van der Waals surface area contributed by atoms with Gasteiger partial charge in [0.25, 0.3) is 0 Å². The number of anilines is 1. The normalized spacial score (nSPS) is 20.8. The highest BCUT2D eigenvalue weighted by atomic mass is 16.5. The Labute approximate surface area is 193 Å². The van der Waals surface area contributed by atoms with E-state index in [2.05, 4.69) is 39.4 Å². The summed E-state index contributed by atoms with van der Waals surface area (Å²) in [7, 11) is 0. The molecule has 4 heterocycles. The number of carbonyl (C=O) groups is 1. The first-order valence-corrected chi connectivity index (χ1v) is 11.2. The van der Waals surface area contributed by atoms with Gasteiger partial charge in [0.15, 0.2) is 11.6 Å². The van der Waals surface area contributed by atoms with Crippen LogP contribution in [0.4, 0.5) is 10.5 Å². The van der Waals surface area contributed by atoms with Crippen LogP contribution in [0, 0.1) is 19.8 Å².